The zero-order chi connectivity index (χ0) is 21.4. The van der Waals surface area contributed by atoms with Crippen LogP contribution in [0.1, 0.15) is 62.8 Å². The molecule has 0 bridgehead atoms. The molecule has 6 nitrogen and oxygen atoms in total. The Morgan fingerprint density at radius 3 is 2.10 bits per heavy atom. The van der Waals surface area contributed by atoms with Crippen molar-refractivity contribution in [1.29, 1.82) is 0 Å². The Morgan fingerprint density at radius 2 is 1.52 bits per heavy atom. The van der Waals surface area contributed by atoms with E-state index < -0.39 is 17.9 Å². The molecule has 2 aromatic carbocycles. The van der Waals surface area contributed by atoms with Gasteiger partial charge in [0.1, 0.15) is 0 Å². The first kappa shape index (κ1) is 22.1. The fourth-order valence-corrected chi connectivity index (χ4v) is 3.41. The van der Waals surface area contributed by atoms with Crippen LogP contribution in [0.2, 0.25) is 0 Å². The Balaban J connectivity index is 2.90. The minimum atomic E-state index is -0.786. The van der Waals surface area contributed by atoms with Crippen LogP contribution >= 0.6 is 0 Å². The average Bonchev–Trinajstić information content (AvgIpc) is 2.74. The largest absolute Gasteiger partial charge is 0.465 e. The number of ether oxygens (including phenoxy) is 3. The lowest BCUT2D eigenvalue weighted by atomic mass is 9.86. The number of methoxy groups -OCH3 is 2. The van der Waals surface area contributed by atoms with Gasteiger partial charge in [-0.3, -0.25) is 0 Å². The van der Waals surface area contributed by atoms with Gasteiger partial charge in [0.25, 0.3) is 0 Å². The molecule has 0 saturated carbocycles. The Kier molecular flexibility index (Phi) is 7.95. The highest BCUT2D eigenvalue weighted by Gasteiger charge is 2.32. The second-order valence-corrected chi connectivity index (χ2v) is 6.39. The third kappa shape index (κ3) is 4.65. The summed E-state index contributed by atoms with van der Waals surface area (Å²) in [5, 5.41) is 1.25. The number of benzene rings is 2. The van der Waals surface area contributed by atoms with Crippen LogP contribution in [0.3, 0.4) is 0 Å². The van der Waals surface area contributed by atoms with Gasteiger partial charge in [-0.05, 0) is 48.9 Å². The van der Waals surface area contributed by atoms with Crippen LogP contribution in [0.4, 0.5) is 0 Å². The lowest BCUT2D eigenvalue weighted by Crippen LogP contribution is -2.21. The molecule has 0 spiro atoms. The summed E-state index contributed by atoms with van der Waals surface area (Å²) in [5.41, 5.74) is 0.615. The van der Waals surface area contributed by atoms with Crippen molar-refractivity contribution in [3.05, 3.63) is 59.2 Å². The molecule has 6 heteroatoms. The van der Waals surface area contributed by atoms with E-state index in [4.69, 9.17) is 14.2 Å². The van der Waals surface area contributed by atoms with Crippen molar-refractivity contribution in [2.45, 2.75) is 32.6 Å². The first-order chi connectivity index (χ1) is 14.0. The SMILES string of the molecule is C=CCCCCc1c(C(=O)OC)c(C(=O)OC)c(C(=O)OCC)c2ccccc12. The second kappa shape index (κ2) is 10.4. The van der Waals surface area contributed by atoms with Crippen LogP contribution in [0, 0.1) is 0 Å². The fraction of sp³-hybridized carbons (Fsp3) is 0.348. The van der Waals surface area contributed by atoms with Crippen molar-refractivity contribution in [2.75, 3.05) is 20.8 Å². The van der Waals surface area contributed by atoms with Gasteiger partial charge < -0.3 is 14.2 Å². The molecule has 0 saturated heterocycles. The van der Waals surface area contributed by atoms with E-state index in [0.717, 1.165) is 19.3 Å². The normalized spacial score (nSPS) is 10.4. The summed E-state index contributed by atoms with van der Waals surface area (Å²) in [6.45, 7) is 5.53. The minimum Gasteiger partial charge on any atom is -0.465 e. The van der Waals surface area contributed by atoms with Crippen LogP contribution in [0.5, 0.6) is 0 Å². The summed E-state index contributed by atoms with van der Waals surface area (Å²) in [5.74, 6) is -2.17. The van der Waals surface area contributed by atoms with Crippen molar-refractivity contribution in [3.8, 4) is 0 Å². The molecule has 0 aliphatic carbocycles. The molecule has 0 atom stereocenters. The molecule has 0 N–H and O–H groups in total. The van der Waals surface area contributed by atoms with E-state index in [-0.39, 0.29) is 23.3 Å². The molecule has 0 radical (unpaired) electrons. The summed E-state index contributed by atoms with van der Waals surface area (Å²) in [6.07, 6.45) is 4.87. The molecular formula is C23H26O6. The van der Waals surface area contributed by atoms with E-state index in [1.54, 1.807) is 19.1 Å². The van der Waals surface area contributed by atoms with Crippen molar-refractivity contribution in [2.24, 2.45) is 0 Å². The lowest BCUT2D eigenvalue weighted by Gasteiger charge is -2.19. The van der Waals surface area contributed by atoms with Gasteiger partial charge in [-0.25, -0.2) is 14.4 Å². The summed E-state index contributed by atoms with van der Waals surface area (Å²) in [6, 6.07) is 7.16. The van der Waals surface area contributed by atoms with Crippen LogP contribution in [-0.2, 0) is 20.6 Å². The molecule has 0 fully saturated rings. The first-order valence-electron chi connectivity index (χ1n) is 9.53. The lowest BCUT2D eigenvalue weighted by molar-refractivity contribution is 0.0501. The predicted octanol–water partition coefficient (Wildman–Crippen LogP) is 4.49. The van der Waals surface area contributed by atoms with Crippen LogP contribution in [0.15, 0.2) is 36.9 Å². The van der Waals surface area contributed by atoms with Crippen LogP contribution < -0.4 is 0 Å². The molecule has 0 aromatic heterocycles. The molecule has 0 aliphatic rings. The zero-order valence-corrected chi connectivity index (χ0v) is 17.1. The maximum atomic E-state index is 12.8. The van der Waals surface area contributed by atoms with Crippen molar-refractivity contribution < 1.29 is 28.6 Å². The quantitative estimate of drug-likeness (QED) is 0.268. The van der Waals surface area contributed by atoms with Gasteiger partial charge in [0, 0.05) is 0 Å². The number of esters is 3. The Morgan fingerprint density at radius 1 is 0.897 bits per heavy atom. The predicted molar refractivity (Wildman–Crippen MR) is 110 cm³/mol. The minimum absolute atomic E-state index is 0.0181. The highest BCUT2D eigenvalue weighted by Crippen LogP contribution is 2.34. The summed E-state index contributed by atoms with van der Waals surface area (Å²) in [7, 11) is 2.45. The number of allylic oxidation sites excluding steroid dienone is 1. The molecule has 2 rings (SSSR count). The number of fused-ring (bicyclic) bond motifs is 1. The number of rotatable bonds is 9. The van der Waals surface area contributed by atoms with E-state index in [2.05, 4.69) is 6.58 Å². The Labute approximate surface area is 170 Å². The number of aryl methyl sites for hydroxylation is 1. The molecule has 29 heavy (non-hydrogen) atoms. The van der Waals surface area contributed by atoms with Gasteiger partial charge in [0.2, 0.25) is 0 Å². The van der Waals surface area contributed by atoms with E-state index in [9.17, 15) is 14.4 Å². The van der Waals surface area contributed by atoms with E-state index in [1.165, 1.54) is 14.2 Å². The monoisotopic (exact) mass is 398 g/mol. The smallest absolute Gasteiger partial charge is 0.339 e. The standard InChI is InChI=1S/C23H26O6/c1-5-7-8-9-13-16-15-12-10-11-14-17(15)19(23(26)29-6-2)20(22(25)28-4)18(16)21(24)27-3/h5,10-12,14H,1,6-9,13H2,2-4H3. The summed E-state index contributed by atoms with van der Waals surface area (Å²) in [4.78, 5) is 38.2. The molecule has 0 unspecified atom stereocenters. The number of carbonyl (C=O) groups is 3. The van der Waals surface area contributed by atoms with Crippen molar-refractivity contribution in [3.63, 3.8) is 0 Å². The van der Waals surface area contributed by atoms with E-state index >= 15 is 0 Å². The highest BCUT2D eigenvalue weighted by molar-refractivity contribution is 6.19. The van der Waals surface area contributed by atoms with Gasteiger partial charge in [-0.15, -0.1) is 6.58 Å². The molecule has 0 amide bonds. The third-order valence-corrected chi connectivity index (χ3v) is 4.67. The zero-order valence-electron chi connectivity index (χ0n) is 17.1. The van der Waals surface area contributed by atoms with Gasteiger partial charge in [-0.2, -0.15) is 0 Å². The van der Waals surface area contributed by atoms with E-state index in [0.29, 0.717) is 22.8 Å². The first-order valence-corrected chi connectivity index (χ1v) is 9.53. The number of carbonyl (C=O) groups excluding carboxylic acids is 3. The Bertz CT molecular complexity index is 929. The molecule has 0 heterocycles. The molecule has 2 aromatic rings. The maximum Gasteiger partial charge on any atom is 0.339 e. The van der Waals surface area contributed by atoms with Gasteiger partial charge >= 0.3 is 17.9 Å². The van der Waals surface area contributed by atoms with Gasteiger partial charge in [-0.1, -0.05) is 30.3 Å². The Hall–Kier alpha value is -3.15. The summed E-state index contributed by atoms with van der Waals surface area (Å²) < 4.78 is 15.1. The molecule has 0 aliphatic heterocycles. The number of unbranched alkanes of at least 4 members (excludes halogenated alkanes) is 2. The topological polar surface area (TPSA) is 78.9 Å². The second-order valence-electron chi connectivity index (χ2n) is 6.39. The van der Waals surface area contributed by atoms with Crippen LogP contribution in [-0.4, -0.2) is 38.7 Å². The van der Waals surface area contributed by atoms with E-state index in [1.807, 2.05) is 18.2 Å². The third-order valence-electron chi connectivity index (χ3n) is 4.67. The van der Waals surface area contributed by atoms with Crippen molar-refractivity contribution >= 4 is 28.7 Å². The molecule has 154 valence electrons. The highest BCUT2D eigenvalue weighted by atomic mass is 16.5. The number of hydrogen-bond donors (Lipinski definition) is 0. The van der Waals surface area contributed by atoms with Crippen molar-refractivity contribution in [1.82, 2.24) is 0 Å². The van der Waals surface area contributed by atoms with Gasteiger partial charge in [0.05, 0.1) is 37.5 Å². The fourth-order valence-electron chi connectivity index (χ4n) is 3.41. The molecular weight excluding hydrogens is 372 g/mol. The van der Waals surface area contributed by atoms with Crippen LogP contribution in [0.25, 0.3) is 10.8 Å². The van der Waals surface area contributed by atoms with Gasteiger partial charge in [0.15, 0.2) is 0 Å². The number of hydrogen-bond acceptors (Lipinski definition) is 6. The average molecular weight is 398 g/mol. The maximum absolute atomic E-state index is 12.8. The summed E-state index contributed by atoms with van der Waals surface area (Å²) >= 11 is 0.